The number of rotatable bonds is 11. The van der Waals surface area contributed by atoms with Crippen LogP contribution in [0.5, 0.6) is 0 Å². The van der Waals surface area contributed by atoms with E-state index in [0.29, 0.717) is 47.9 Å². The Morgan fingerprint density at radius 1 is 1.06 bits per heavy atom. The van der Waals surface area contributed by atoms with Crippen LogP contribution in [0.25, 0.3) is 22.8 Å². The number of carbonyl (C=O) groups is 1. The van der Waals surface area contributed by atoms with Crippen LogP contribution < -0.4 is 5.69 Å². The SMILES string of the molecule is CCCC(CO)(CCC)C(=O)CCc1ccc(Cl)c(-c2nc(-c3ccccc3)nc(=O)[nH]2)c1. The summed E-state index contributed by atoms with van der Waals surface area (Å²) in [6.07, 6.45) is 3.92. The summed E-state index contributed by atoms with van der Waals surface area (Å²) in [7, 11) is 0. The van der Waals surface area contributed by atoms with Crippen LogP contribution in [0.15, 0.2) is 53.3 Å². The summed E-state index contributed by atoms with van der Waals surface area (Å²) in [5.41, 5.74) is 1.04. The summed E-state index contributed by atoms with van der Waals surface area (Å²) >= 11 is 6.44. The lowest BCUT2D eigenvalue weighted by molar-refractivity contribution is -0.132. The normalized spacial score (nSPS) is 11.5. The van der Waals surface area contributed by atoms with Gasteiger partial charge in [0.25, 0.3) is 0 Å². The van der Waals surface area contributed by atoms with Gasteiger partial charge in [0.1, 0.15) is 11.6 Å². The number of aromatic nitrogens is 3. The molecule has 3 aromatic rings. The average molecular weight is 468 g/mol. The van der Waals surface area contributed by atoms with Crippen LogP contribution >= 0.6 is 11.6 Å². The second kappa shape index (κ2) is 11.3. The Hall–Kier alpha value is -2.83. The molecule has 0 aliphatic heterocycles. The van der Waals surface area contributed by atoms with Gasteiger partial charge in [-0.25, -0.2) is 9.78 Å². The fourth-order valence-electron chi connectivity index (χ4n) is 4.27. The van der Waals surface area contributed by atoms with Gasteiger partial charge in [-0.15, -0.1) is 0 Å². The van der Waals surface area contributed by atoms with Crippen LogP contribution in [0.2, 0.25) is 5.02 Å². The second-order valence-corrected chi connectivity index (χ2v) is 8.78. The number of benzene rings is 2. The predicted molar refractivity (Wildman–Crippen MR) is 131 cm³/mol. The number of H-pyrrole nitrogens is 1. The minimum absolute atomic E-state index is 0.0898. The molecule has 2 aromatic carbocycles. The molecule has 7 heteroatoms. The number of hydrogen-bond acceptors (Lipinski definition) is 5. The minimum atomic E-state index is -0.665. The van der Waals surface area contributed by atoms with Crippen molar-refractivity contribution in [3.05, 3.63) is 69.6 Å². The number of carbonyl (C=O) groups excluding carboxylic acids is 1. The van der Waals surface area contributed by atoms with Gasteiger partial charge in [0.2, 0.25) is 0 Å². The van der Waals surface area contributed by atoms with Crippen molar-refractivity contribution in [3.63, 3.8) is 0 Å². The molecule has 0 aliphatic rings. The number of nitrogens with zero attached hydrogens (tertiary/aromatic N) is 2. The molecule has 0 unspecified atom stereocenters. The zero-order valence-corrected chi connectivity index (χ0v) is 19.9. The quantitative estimate of drug-likeness (QED) is 0.402. The Balaban J connectivity index is 1.87. The highest BCUT2D eigenvalue weighted by Gasteiger charge is 2.35. The fraction of sp³-hybridized carbons (Fsp3) is 0.385. The van der Waals surface area contributed by atoms with E-state index in [9.17, 15) is 14.7 Å². The molecule has 1 heterocycles. The predicted octanol–water partition coefficient (Wildman–Crippen LogP) is 5.23. The van der Waals surface area contributed by atoms with Crippen molar-refractivity contribution >= 4 is 17.4 Å². The molecule has 0 amide bonds. The van der Waals surface area contributed by atoms with E-state index >= 15 is 0 Å². The number of aryl methyl sites for hydroxylation is 1. The van der Waals surface area contributed by atoms with Crippen LogP contribution in [0.4, 0.5) is 0 Å². The maximum absolute atomic E-state index is 13.1. The highest BCUT2D eigenvalue weighted by molar-refractivity contribution is 6.33. The van der Waals surface area contributed by atoms with Gasteiger partial charge in [-0.05, 0) is 37.0 Å². The molecule has 1 aromatic heterocycles. The van der Waals surface area contributed by atoms with Gasteiger partial charge in [-0.2, -0.15) is 4.98 Å². The van der Waals surface area contributed by atoms with E-state index in [1.54, 1.807) is 6.07 Å². The third-order valence-electron chi connectivity index (χ3n) is 5.96. The van der Waals surface area contributed by atoms with Crippen molar-refractivity contribution < 1.29 is 9.90 Å². The second-order valence-electron chi connectivity index (χ2n) is 8.37. The lowest BCUT2D eigenvalue weighted by atomic mass is 9.74. The maximum atomic E-state index is 13.1. The number of ketones is 1. The number of hydrogen-bond donors (Lipinski definition) is 2. The van der Waals surface area contributed by atoms with Crippen LogP contribution in [-0.4, -0.2) is 32.4 Å². The summed E-state index contributed by atoms with van der Waals surface area (Å²) in [4.78, 5) is 36.5. The summed E-state index contributed by atoms with van der Waals surface area (Å²) in [5.74, 6) is 0.735. The molecule has 0 radical (unpaired) electrons. The Bertz CT molecular complexity index is 1140. The standard InChI is InChI=1S/C26H30ClN3O3/c1-3-14-26(17-31,15-4-2)22(32)13-11-18-10-12-21(27)20(16-18)24-28-23(29-25(33)30-24)19-8-6-5-7-9-19/h5-10,12,16,31H,3-4,11,13-15,17H2,1-2H3,(H,28,29,30,33). The molecule has 0 bridgehead atoms. The number of aromatic amines is 1. The maximum Gasteiger partial charge on any atom is 0.348 e. The molecule has 3 rings (SSSR count). The summed E-state index contributed by atoms with van der Waals surface area (Å²) in [5, 5.41) is 10.4. The highest BCUT2D eigenvalue weighted by atomic mass is 35.5. The molecule has 6 nitrogen and oxygen atoms in total. The van der Waals surface area contributed by atoms with Crippen molar-refractivity contribution in [1.29, 1.82) is 0 Å². The molecular weight excluding hydrogens is 438 g/mol. The summed E-state index contributed by atoms with van der Waals surface area (Å²) in [6, 6.07) is 14.7. The van der Waals surface area contributed by atoms with Gasteiger partial charge >= 0.3 is 5.69 Å². The van der Waals surface area contributed by atoms with Gasteiger partial charge in [0.05, 0.1) is 17.0 Å². The molecule has 0 saturated carbocycles. The van der Waals surface area contributed by atoms with E-state index in [2.05, 4.69) is 15.0 Å². The summed E-state index contributed by atoms with van der Waals surface area (Å²) < 4.78 is 0. The first kappa shape index (κ1) is 24.8. The van der Waals surface area contributed by atoms with E-state index in [-0.39, 0.29) is 12.4 Å². The molecule has 0 aliphatic carbocycles. The largest absolute Gasteiger partial charge is 0.395 e. The Morgan fingerprint density at radius 3 is 2.39 bits per heavy atom. The number of aliphatic hydroxyl groups excluding tert-OH is 1. The highest BCUT2D eigenvalue weighted by Crippen LogP contribution is 2.33. The van der Waals surface area contributed by atoms with Crippen LogP contribution in [-0.2, 0) is 11.2 Å². The van der Waals surface area contributed by atoms with Crippen LogP contribution in [0, 0.1) is 5.41 Å². The molecule has 2 N–H and O–H groups in total. The zero-order valence-electron chi connectivity index (χ0n) is 19.1. The van der Waals surface area contributed by atoms with Gasteiger partial charge in [0.15, 0.2) is 5.82 Å². The molecule has 0 fully saturated rings. The first-order valence-electron chi connectivity index (χ1n) is 11.4. The third kappa shape index (κ3) is 5.95. The lowest BCUT2D eigenvalue weighted by Gasteiger charge is -2.30. The van der Waals surface area contributed by atoms with Gasteiger partial charge < -0.3 is 5.11 Å². The van der Waals surface area contributed by atoms with Crippen molar-refractivity contribution in [3.8, 4) is 22.8 Å². The molecular formula is C26H30ClN3O3. The third-order valence-corrected chi connectivity index (χ3v) is 6.29. The van der Waals surface area contributed by atoms with Crippen molar-refractivity contribution in [2.45, 2.75) is 52.4 Å². The number of nitrogens with one attached hydrogen (secondary N) is 1. The minimum Gasteiger partial charge on any atom is -0.395 e. The fourth-order valence-corrected chi connectivity index (χ4v) is 4.47. The summed E-state index contributed by atoms with van der Waals surface area (Å²) in [6.45, 7) is 3.94. The van der Waals surface area contributed by atoms with Crippen molar-refractivity contribution in [2.75, 3.05) is 6.61 Å². The zero-order chi connectivity index (χ0) is 23.8. The molecule has 0 saturated heterocycles. The number of Topliss-reactive ketones (excluding diaryl/α,β-unsaturated/α-hetero) is 1. The average Bonchev–Trinajstić information content (AvgIpc) is 2.83. The van der Waals surface area contributed by atoms with Gasteiger partial charge in [-0.1, -0.05) is 74.7 Å². The molecule has 174 valence electrons. The lowest BCUT2D eigenvalue weighted by Crippen LogP contribution is -2.35. The molecule has 0 atom stereocenters. The van der Waals surface area contributed by atoms with Crippen LogP contribution in [0.1, 0.15) is 51.5 Å². The Morgan fingerprint density at radius 2 is 1.76 bits per heavy atom. The van der Waals surface area contributed by atoms with E-state index < -0.39 is 11.1 Å². The smallest absolute Gasteiger partial charge is 0.348 e. The first-order valence-corrected chi connectivity index (χ1v) is 11.8. The van der Waals surface area contributed by atoms with E-state index in [0.717, 1.165) is 24.0 Å². The number of aliphatic hydroxyl groups is 1. The number of halogens is 1. The van der Waals surface area contributed by atoms with Gasteiger partial charge in [-0.3, -0.25) is 9.78 Å². The monoisotopic (exact) mass is 467 g/mol. The van der Waals surface area contributed by atoms with E-state index in [1.165, 1.54) is 0 Å². The molecule has 0 spiro atoms. The molecule has 33 heavy (non-hydrogen) atoms. The van der Waals surface area contributed by atoms with Gasteiger partial charge in [0, 0.05) is 17.5 Å². The van der Waals surface area contributed by atoms with Crippen LogP contribution in [0.3, 0.4) is 0 Å². The van der Waals surface area contributed by atoms with E-state index in [4.69, 9.17) is 11.6 Å². The van der Waals surface area contributed by atoms with Crippen molar-refractivity contribution in [1.82, 2.24) is 15.0 Å². The first-order chi connectivity index (χ1) is 15.9. The Labute approximate surface area is 199 Å². The van der Waals surface area contributed by atoms with Crippen molar-refractivity contribution in [2.24, 2.45) is 5.41 Å². The Kier molecular flexibility index (Phi) is 8.53. The topological polar surface area (TPSA) is 95.9 Å². The van der Waals surface area contributed by atoms with E-state index in [1.807, 2.05) is 56.3 Å².